The summed E-state index contributed by atoms with van der Waals surface area (Å²) >= 11 is 0. The molecule has 2 atom stereocenters. The van der Waals surface area contributed by atoms with E-state index in [1.54, 1.807) is 31.9 Å². The number of hydrogen-bond acceptors (Lipinski definition) is 5. The third-order valence-corrected chi connectivity index (χ3v) is 7.41. The number of aliphatic carboxylic acids is 1. The Hall–Kier alpha value is -1.33. The van der Waals surface area contributed by atoms with Gasteiger partial charge in [-0.2, -0.15) is 0 Å². The van der Waals surface area contributed by atoms with Crippen LogP contribution >= 0.6 is 0 Å². The molecule has 5 N–H and O–H groups in total. The molecule has 10 heteroatoms. The number of likely N-dealkylation sites (N-methyl/N-ethyl adjacent to an activating group) is 1. The zero-order chi connectivity index (χ0) is 19.2. The number of hydrogen-bond donors (Lipinski definition) is 3. The summed E-state index contributed by atoms with van der Waals surface area (Å²) in [5, 5.41) is 9.70. The fourth-order valence-electron chi connectivity index (χ4n) is 3.50. The molecule has 2 aliphatic rings. The molecule has 1 aromatic rings. The Morgan fingerprint density at radius 1 is 1.46 bits per heavy atom. The van der Waals surface area contributed by atoms with Crippen molar-refractivity contribution < 1.29 is 18.3 Å². The maximum atomic E-state index is 13.1. The van der Waals surface area contributed by atoms with Gasteiger partial charge in [0.2, 0.25) is 0 Å². The molecule has 1 aromatic heterocycles. The third kappa shape index (κ3) is 3.44. The second kappa shape index (κ2) is 6.68. The van der Waals surface area contributed by atoms with Crippen molar-refractivity contribution in [2.24, 2.45) is 11.5 Å². The summed E-state index contributed by atoms with van der Waals surface area (Å²) in [4.78, 5) is 11.9. The molecular formula is C16H25BN4O4S. The van der Waals surface area contributed by atoms with E-state index in [0.29, 0.717) is 0 Å². The van der Waals surface area contributed by atoms with Crippen molar-refractivity contribution in [1.82, 2.24) is 8.61 Å². The Labute approximate surface area is 154 Å². The zero-order valence-corrected chi connectivity index (χ0v) is 15.7. The molecule has 0 bridgehead atoms. The molecule has 26 heavy (non-hydrogen) atoms. The SMILES string of the molecule is CCN(CC1(N)CC1)S(=O)(=O)N1C[C@H](c2cbccc2)[C@](N)(C(=O)O)C1. The monoisotopic (exact) mass is 380 g/mol. The molecular weight excluding hydrogens is 355 g/mol. The van der Waals surface area contributed by atoms with Gasteiger partial charge in [0.05, 0.1) is 0 Å². The molecule has 0 radical (unpaired) electrons. The molecule has 3 rings (SSSR count). The minimum absolute atomic E-state index is 0.0310. The van der Waals surface area contributed by atoms with Gasteiger partial charge in [0.15, 0.2) is 0 Å². The van der Waals surface area contributed by atoms with E-state index in [9.17, 15) is 18.3 Å². The maximum absolute atomic E-state index is 13.1. The van der Waals surface area contributed by atoms with Gasteiger partial charge >= 0.3 is 154 Å². The molecule has 1 aliphatic heterocycles. The van der Waals surface area contributed by atoms with Crippen LogP contribution in [0, 0.1) is 0 Å². The van der Waals surface area contributed by atoms with Crippen molar-refractivity contribution >= 4 is 23.1 Å². The molecule has 1 saturated carbocycles. The fourth-order valence-corrected chi connectivity index (χ4v) is 5.29. The van der Waals surface area contributed by atoms with Crippen LogP contribution in [0.3, 0.4) is 0 Å². The Morgan fingerprint density at radius 3 is 2.65 bits per heavy atom. The van der Waals surface area contributed by atoms with E-state index in [1.165, 1.54) is 8.61 Å². The second-order valence-corrected chi connectivity index (χ2v) is 9.33. The summed E-state index contributed by atoms with van der Waals surface area (Å²) in [6.45, 7) is 3.82. The Balaban J connectivity index is 1.90. The molecule has 0 amide bonds. The van der Waals surface area contributed by atoms with E-state index in [4.69, 9.17) is 11.5 Å². The third-order valence-electron chi connectivity index (χ3n) is 5.43. The average molecular weight is 380 g/mol. The normalized spacial score (nSPS) is 28.2. The first-order valence-electron chi connectivity index (χ1n) is 8.74. The van der Waals surface area contributed by atoms with Crippen molar-refractivity contribution in [3.63, 3.8) is 0 Å². The predicted molar refractivity (Wildman–Crippen MR) is 99.0 cm³/mol. The first kappa shape index (κ1) is 19.4. The van der Waals surface area contributed by atoms with E-state index >= 15 is 0 Å². The standard InChI is InChI=1S/C16H25BN4O4S/c1-2-20(10-15(18)5-6-15)26(24,25)21-9-13(12-4-3-7-17-8-12)16(19,11-21)14(22)23/h3-4,7-8,13H,2,5-6,9-11,18-19H2,1H3,(H,22,23)/t13-,16+/m1/s1. The quantitative estimate of drug-likeness (QED) is 0.572. The van der Waals surface area contributed by atoms with Crippen LogP contribution in [0.15, 0.2) is 24.1 Å². The number of carboxylic acid groups (broad SMARTS) is 1. The van der Waals surface area contributed by atoms with Crippen molar-refractivity contribution in [1.29, 1.82) is 0 Å². The molecule has 1 aliphatic carbocycles. The summed E-state index contributed by atoms with van der Waals surface area (Å²) in [6, 6.07) is 3.57. The van der Waals surface area contributed by atoms with Gasteiger partial charge in [-0.15, -0.1) is 0 Å². The Morgan fingerprint density at radius 2 is 2.15 bits per heavy atom. The van der Waals surface area contributed by atoms with Gasteiger partial charge in [-0.05, 0) is 0 Å². The van der Waals surface area contributed by atoms with Gasteiger partial charge in [-0.25, -0.2) is 0 Å². The van der Waals surface area contributed by atoms with E-state index in [2.05, 4.69) is 0 Å². The van der Waals surface area contributed by atoms with Gasteiger partial charge < -0.3 is 0 Å². The molecule has 1 saturated heterocycles. The van der Waals surface area contributed by atoms with Crippen LogP contribution in [-0.2, 0) is 15.0 Å². The Bertz CT molecular complexity index is 787. The van der Waals surface area contributed by atoms with Gasteiger partial charge in [0.1, 0.15) is 0 Å². The summed E-state index contributed by atoms with van der Waals surface area (Å²) in [6.07, 6.45) is 1.59. The van der Waals surface area contributed by atoms with Crippen molar-refractivity contribution in [3.05, 3.63) is 29.6 Å². The number of nitrogens with two attached hydrogens (primary N) is 2. The van der Waals surface area contributed by atoms with Crippen LogP contribution in [0.5, 0.6) is 0 Å². The number of nitrogens with zero attached hydrogens (tertiary/aromatic N) is 2. The topological polar surface area (TPSA) is 130 Å². The number of carboxylic acids is 1. The second-order valence-electron chi connectivity index (χ2n) is 7.40. The predicted octanol–water partition coefficient (Wildman–Crippen LogP) is -0.736. The average Bonchev–Trinajstić information content (AvgIpc) is 3.21. The molecule has 0 unspecified atom stereocenters. The molecule has 142 valence electrons. The zero-order valence-electron chi connectivity index (χ0n) is 14.8. The summed E-state index contributed by atoms with van der Waals surface area (Å²) in [5.74, 6) is 1.77. The summed E-state index contributed by atoms with van der Waals surface area (Å²) in [7, 11) is -3.85. The van der Waals surface area contributed by atoms with Gasteiger partial charge in [-0.3, -0.25) is 0 Å². The van der Waals surface area contributed by atoms with E-state index in [-0.39, 0.29) is 26.2 Å². The van der Waals surface area contributed by atoms with Gasteiger partial charge in [-0.1, -0.05) is 0 Å². The first-order valence-corrected chi connectivity index (χ1v) is 10.1. The number of carbonyl (C=O) groups is 1. The molecule has 2 fully saturated rings. The molecule has 2 heterocycles. The molecule has 0 spiro atoms. The van der Waals surface area contributed by atoms with E-state index in [0.717, 1.165) is 18.4 Å². The van der Waals surface area contributed by atoms with E-state index < -0.39 is 33.2 Å². The van der Waals surface area contributed by atoms with Crippen molar-refractivity contribution in [2.75, 3.05) is 26.2 Å². The van der Waals surface area contributed by atoms with Crippen molar-refractivity contribution in [2.45, 2.75) is 36.8 Å². The molecule has 8 nitrogen and oxygen atoms in total. The van der Waals surface area contributed by atoms with Gasteiger partial charge in [0, 0.05) is 0 Å². The number of rotatable bonds is 7. The fraction of sp³-hybridized carbons (Fsp3) is 0.625. The van der Waals surface area contributed by atoms with Crippen LogP contribution in [-0.4, -0.2) is 72.3 Å². The van der Waals surface area contributed by atoms with Crippen LogP contribution in [0.2, 0.25) is 0 Å². The van der Waals surface area contributed by atoms with E-state index in [1.807, 2.05) is 5.96 Å². The first-order chi connectivity index (χ1) is 12.1. The van der Waals surface area contributed by atoms with Gasteiger partial charge in [0.25, 0.3) is 0 Å². The van der Waals surface area contributed by atoms with Crippen LogP contribution in [0.4, 0.5) is 0 Å². The molecule has 0 aromatic carbocycles. The minimum atomic E-state index is -3.85. The summed E-state index contributed by atoms with van der Waals surface area (Å²) in [5.41, 5.74) is 10.9. The van der Waals surface area contributed by atoms with Crippen LogP contribution in [0.25, 0.3) is 0 Å². The van der Waals surface area contributed by atoms with Crippen LogP contribution < -0.4 is 11.5 Å². The Kier molecular flexibility index (Phi) is 5.00. The summed E-state index contributed by atoms with van der Waals surface area (Å²) < 4.78 is 28.7. The van der Waals surface area contributed by atoms with Crippen molar-refractivity contribution in [3.8, 4) is 0 Å². The van der Waals surface area contributed by atoms with Crippen LogP contribution in [0.1, 0.15) is 31.2 Å².